The van der Waals surface area contributed by atoms with E-state index < -0.39 is 0 Å². The molecule has 2 heteroatoms. The van der Waals surface area contributed by atoms with E-state index in [0.29, 0.717) is 5.91 Å². The van der Waals surface area contributed by atoms with Gasteiger partial charge >= 0.3 is 0 Å². The van der Waals surface area contributed by atoms with Crippen LogP contribution in [0.25, 0.3) is 0 Å². The zero-order chi connectivity index (χ0) is 10.0. The highest BCUT2D eigenvalue weighted by atomic mass is 16.2. The summed E-state index contributed by atoms with van der Waals surface area (Å²) in [5, 5.41) is 0. The molecule has 0 atom stereocenters. The molecule has 2 rings (SSSR count). The van der Waals surface area contributed by atoms with Crippen LogP contribution in [0.15, 0.2) is 0 Å². The molecule has 2 nitrogen and oxygen atoms in total. The average Bonchev–Trinajstić information content (AvgIpc) is 2.52. The van der Waals surface area contributed by atoms with Crippen molar-refractivity contribution in [2.45, 2.75) is 44.9 Å². The van der Waals surface area contributed by atoms with Crippen molar-refractivity contribution < 1.29 is 4.79 Å². The van der Waals surface area contributed by atoms with E-state index in [1.54, 1.807) is 0 Å². The second-order valence-electron chi connectivity index (χ2n) is 4.98. The van der Waals surface area contributed by atoms with E-state index in [-0.39, 0.29) is 5.41 Å². The van der Waals surface area contributed by atoms with Crippen molar-refractivity contribution in [3.05, 3.63) is 6.92 Å². The number of rotatable bonds is 2. The molecule has 1 saturated carbocycles. The van der Waals surface area contributed by atoms with Crippen LogP contribution in [0.1, 0.15) is 44.9 Å². The minimum atomic E-state index is 0.179. The van der Waals surface area contributed by atoms with Crippen LogP contribution < -0.4 is 0 Å². The normalized spacial score (nSPS) is 26.9. The Kier molecular flexibility index (Phi) is 2.80. The molecule has 0 bridgehead atoms. The third-order valence-electron chi connectivity index (χ3n) is 3.61. The van der Waals surface area contributed by atoms with Crippen LogP contribution in [0.4, 0.5) is 0 Å². The minimum absolute atomic E-state index is 0.179. The fourth-order valence-electron chi connectivity index (χ4n) is 2.74. The lowest BCUT2D eigenvalue weighted by molar-refractivity contribution is -0.129. The Labute approximate surface area is 86.7 Å². The van der Waals surface area contributed by atoms with Crippen molar-refractivity contribution in [2.75, 3.05) is 13.1 Å². The topological polar surface area (TPSA) is 20.3 Å². The standard InChI is InChI=1S/C12H20NO/c1-12(7-3-2-4-8-12)10-13-9-5-6-11(13)14/h1-10H2. The Bertz CT molecular complexity index is 218. The van der Waals surface area contributed by atoms with Crippen LogP contribution in [0, 0.1) is 12.3 Å². The van der Waals surface area contributed by atoms with Crippen LogP contribution in [-0.2, 0) is 4.79 Å². The Balaban J connectivity index is 1.91. The third kappa shape index (κ3) is 2.10. The molecule has 1 heterocycles. The van der Waals surface area contributed by atoms with Crippen LogP contribution in [0.2, 0.25) is 0 Å². The first kappa shape index (κ1) is 10.0. The maximum absolute atomic E-state index is 11.5. The summed E-state index contributed by atoms with van der Waals surface area (Å²) in [5.74, 6) is 0.346. The average molecular weight is 194 g/mol. The van der Waals surface area contributed by atoms with Gasteiger partial charge in [0.25, 0.3) is 0 Å². The highest BCUT2D eigenvalue weighted by Crippen LogP contribution is 2.36. The molecule has 0 unspecified atom stereocenters. The Morgan fingerprint density at radius 2 is 1.93 bits per heavy atom. The third-order valence-corrected chi connectivity index (χ3v) is 3.61. The summed E-state index contributed by atoms with van der Waals surface area (Å²) >= 11 is 0. The minimum Gasteiger partial charge on any atom is -0.342 e. The van der Waals surface area contributed by atoms with E-state index in [9.17, 15) is 4.79 Å². The lowest BCUT2D eigenvalue weighted by Crippen LogP contribution is -2.38. The second kappa shape index (κ2) is 3.92. The first-order chi connectivity index (χ1) is 6.70. The highest BCUT2D eigenvalue weighted by molar-refractivity contribution is 5.78. The Morgan fingerprint density at radius 3 is 2.50 bits per heavy atom. The van der Waals surface area contributed by atoms with Gasteiger partial charge in [0.15, 0.2) is 0 Å². The molecule has 1 amide bonds. The fourth-order valence-corrected chi connectivity index (χ4v) is 2.74. The van der Waals surface area contributed by atoms with Crippen molar-refractivity contribution in [3.63, 3.8) is 0 Å². The van der Waals surface area contributed by atoms with E-state index >= 15 is 0 Å². The number of likely N-dealkylation sites (tertiary alicyclic amines) is 1. The van der Waals surface area contributed by atoms with E-state index in [0.717, 1.165) is 25.9 Å². The van der Waals surface area contributed by atoms with E-state index in [1.807, 2.05) is 4.90 Å². The van der Waals surface area contributed by atoms with Gasteiger partial charge in [-0.3, -0.25) is 4.79 Å². The molecule has 0 aromatic rings. The zero-order valence-corrected chi connectivity index (χ0v) is 8.93. The van der Waals surface area contributed by atoms with Gasteiger partial charge in [-0.25, -0.2) is 0 Å². The lowest BCUT2D eigenvalue weighted by atomic mass is 9.75. The van der Waals surface area contributed by atoms with Crippen molar-refractivity contribution in [1.82, 2.24) is 4.90 Å². The van der Waals surface area contributed by atoms with Gasteiger partial charge < -0.3 is 4.90 Å². The summed E-state index contributed by atoms with van der Waals surface area (Å²) in [6.45, 7) is 6.21. The molecule has 1 aliphatic heterocycles. The van der Waals surface area contributed by atoms with E-state index in [4.69, 9.17) is 0 Å². The van der Waals surface area contributed by atoms with Crippen LogP contribution in [0.3, 0.4) is 0 Å². The predicted molar refractivity (Wildman–Crippen MR) is 56.7 cm³/mol. The first-order valence-electron chi connectivity index (χ1n) is 5.83. The highest BCUT2D eigenvalue weighted by Gasteiger charge is 2.32. The zero-order valence-electron chi connectivity index (χ0n) is 8.93. The molecule has 2 aliphatic rings. The maximum atomic E-state index is 11.5. The molecule has 14 heavy (non-hydrogen) atoms. The van der Waals surface area contributed by atoms with Crippen molar-refractivity contribution in [3.8, 4) is 0 Å². The fraction of sp³-hybridized carbons (Fsp3) is 0.833. The number of hydrogen-bond acceptors (Lipinski definition) is 1. The van der Waals surface area contributed by atoms with Gasteiger partial charge in [0.1, 0.15) is 0 Å². The van der Waals surface area contributed by atoms with Crippen LogP contribution >= 0.6 is 0 Å². The first-order valence-corrected chi connectivity index (χ1v) is 5.83. The number of nitrogens with zero attached hydrogens (tertiary/aromatic N) is 1. The van der Waals surface area contributed by atoms with Crippen LogP contribution in [-0.4, -0.2) is 23.9 Å². The van der Waals surface area contributed by atoms with Gasteiger partial charge in [0.2, 0.25) is 5.91 Å². The Hall–Kier alpha value is -0.530. The Morgan fingerprint density at radius 1 is 1.21 bits per heavy atom. The van der Waals surface area contributed by atoms with Gasteiger partial charge in [-0.15, -0.1) is 0 Å². The molecule has 0 aromatic heterocycles. The van der Waals surface area contributed by atoms with Gasteiger partial charge in [0, 0.05) is 19.5 Å². The molecular weight excluding hydrogens is 174 g/mol. The number of carbonyl (C=O) groups is 1. The molecule has 1 radical (unpaired) electrons. The van der Waals surface area contributed by atoms with E-state index in [1.165, 1.54) is 32.1 Å². The van der Waals surface area contributed by atoms with Crippen molar-refractivity contribution in [1.29, 1.82) is 0 Å². The van der Waals surface area contributed by atoms with Crippen molar-refractivity contribution in [2.24, 2.45) is 5.41 Å². The summed E-state index contributed by atoms with van der Waals surface area (Å²) < 4.78 is 0. The molecule has 1 aliphatic carbocycles. The maximum Gasteiger partial charge on any atom is 0.222 e. The molecule has 0 aromatic carbocycles. The largest absolute Gasteiger partial charge is 0.342 e. The molecule has 2 fully saturated rings. The second-order valence-corrected chi connectivity index (χ2v) is 4.98. The summed E-state index contributed by atoms with van der Waals surface area (Å²) in [6.07, 6.45) is 8.17. The number of amides is 1. The molecule has 0 N–H and O–H groups in total. The van der Waals surface area contributed by atoms with Gasteiger partial charge in [-0.05, 0) is 31.6 Å². The smallest absolute Gasteiger partial charge is 0.222 e. The van der Waals surface area contributed by atoms with Crippen molar-refractivity contribution >= 4 is 5.91 Å². The molecule has 0 spiro atoms. The molecule has 1 saturated heterocycles. The van der Waals surface area contributed by atoms with Gasteiger partial charge in [0.05, 0.1) is 0 Å². The van der Waals surface area contributed by atoms with Gasteiger partial charge in [-0.1, -0.05) is 19.3 Å². The predicted octanol–water partition coefficient (Wildman–Crippen LogP) is 2.39. The molecular formula is C12H20NO. The SMILES string of the molecule is [CH2]C1(CN2CCCC2=O)CCCCC1. The summed E-state index contributed by atoms with van der Waals surface area (Å²) in [7, 11) is 0. The quantitative estimate of drug-likeness (QED) is 0.661. The summed E-state index contributed by atoms with van der Waals surface area (Å²) in [5.41, 5.74) is 0.179. The lowest BCUT2D eigenvalue weighted by Gasteiger charge is -2.36. The van der Waals surface area contributed by atoms with E-state index in [2.05, 4.69) is 6.92 Å². The molecule has 79 valence electrons. The van der Waals surface area contributed by atoms with Gasteiger partial charge in [-0.2, -0.15) is 0 Å². The summed E-state index contributed by atoms with van der Waals surface area (Å²) in [6, 6.07) is 0. The monoisotopic (exact) mass is 194 g/mol. The number of hydrogen-bond donors (Lipinski definition) is 0. The van der Waals surface area contributed by atoms with Crippen LogP contribution in [0.5, 0.6) is 0 Å². The summed E-state index contributed by atoms with van der Waals surface area (Å²) in [4.78, 5) is 13.5. The number of carbonyl (C=O) groups excluding carboxylic acids is 1.